The molecule has 5 heteroatoms. The number of nitrogens with zero attached hydrogens (tertiary/aromatic N) is 2. The van der Waals surface area contributed by atoms with Crippen LogP contribution in [0, 0.1) is 24.2 Å². The van der Waals surface area contributed by atoms with E-state index in [1.54, 1.807) is 18.3 Å². The molecule has 1 aromatic carbocycles. The van der Waals surface area contributed by atoms with Crippen LogP contribution in [0.3, 0.4) is 0 Å². The third-order valence-electron chi connectivity index (χ3n) is 3.94. The number of carbonyl (C=O) groups excluding carboxylic acids is 1. The molecule has 1 saturated heterocycles. The van der Waals surface area contributed by atoms with E-state index in [9.17, 15) is 10.1 Å². The Morgan fingerprint density at radius 2 is 2.14 bits per heavy atom. The molecule has 1 aliphatic rings. The summed E-state index contributed by atoms with van der Waals surface area (Å²) in [6.45, 7) is 5.88. The second-order valence-electron chi connectivity index (χ2n) is 5.79. The lowest BCUT2D eigenvalue weighted by Gasteiger charge is -2.29. The summed E-state index contributed by atoms with van der Waals surface area (Å²) in [5, 5.41) is 12.6. The number of benzene rings is 1. The van der Waals surface area contributed by atoms with Gasteiger partial charge in [-0.3, -0.25) is 4.79 Å². The van der Waals surface area contributed by atoms with E-state index in [-0.39, 0.29) is 5.57 Å². The first kappa shape index (κ1) is 16.4. The van der Waals surface area contributed by atoms with E-state index in [0.717, 1.165) is 31.5 Å². The highest BCUT2D eigenvalue weighted by Crippen LogP contribution is 2.21. The zero-order valence-corrected chi connectivity index (χ0v) is 13.7. The summed E-state index contributed by atoms with van der Waals surface area (Å²) in [5.74, 6) is 0.310. The van der Waals surface area contributed by atoms with Gasteiger partial charge in [-0.1, -0.05) is 24.6 Å². The number of carbonyl (C=O) groups is 1. The standard InChI is InChI=1S/C17H20ClN3O/c1-12-5-7-21(8-6-12)11-14(10-19)17(22)20-16-9-15(18)4-3-13(16)2/h3-4,9,11-12H,5-8H2,1-2H3,(H,20,22)/b14-11-. The van der Waals surface area contributed by atoms with Crippen LogP contribution in [0.25, 0.3) is 0 Å². The molecule has 0 spiro atoms. The highest BCUT2D eigenvalue weighted by molar-refractivity contribution is 6.31. The number of nitriles is 1. The van der Waals surface area contributed by atoms with Crippen LogP contribution >= 0.6 is 11.6 Å². The summed E-state index contributed by atoms with van der Waals surface area (Å²) in [5.41, 5.74) is 1.65. The molecule has 1 fully saturated rings. The fraction of sp³-hybridized carbons (Fsp3) is 0.412. The Balaban J connectivity index is 2.09. The fourth-order valence-electron chi connectivity index (χ4n) is 2.40. The van der Waals surface area contributed by atoms with Crippen molar-refractivity contribution in [2.24, 2.45) is 5.92 Å². The Morgan fingerprint density at radius 1 is 1.45 bits per heavy atom. The third kappa shape index (κ3) is 4.25. The molecule has 22 heavy (non-hydrogen) atoms. The largest absolute Gasteiger partial charge is 0.376 e. The number of hydrogen-bond acceptors (Lipinski definition) is 3. The van der Waals surface area contributed by atoms with Crippen LogP contribution in [-0.4, -0.2) is 23.9 Å². The minimum Gasteiger partial charge on any atom is -0.376 e. The molecule has 4 nitrogen and oxygen atoms in total. The van der Waals surface area contributed by atoms with Crippen molar-refractivity contribution in [1.82, 2.24) is 4.90 Å². The maximum Gasteiger partial charge on any atom is 0.267 e. The second kappa shape index (κ2) is 7.33. The fourth-order valence-corrected chi connectivity index (χ4v) is 2.57. The molecule has 0 atom stereocenters. The Labute approximate surface area is 136 Å². The maximum absolute atomic E-state index is 12.3. The van der Waals surface area contributed by atoms with E-state index >= 15 is 0 Å². The molecule has 1 aromatic rings. The van der Waals surface area contributed by atoms with E-state index in [2.05, 4.69) is 12.2 Å². The Kier molecular flexibility index (Phi) is 5.46. The van der Waals surface area contributed by atoms with Crippen molar-refractivity contribution in [3.8, 4) is 6.07 Å². The quantitative estimate of drug-likeness (QED) is 0.682. The van der Waals surface area contributed by atoms with Crippen LogP contribution < -0.4 is 5.32 Å². The molecule has 1 aliphatic heterocycles. The Hall–Kier alpha value is -1.99. The van der Waals surface area contributed by atoms with Crippen molar-refractivity contribution in [3.05, 3.63) is 40.6 Å². The van der Waals surface area contributed by atoms with Crippen molar-refractivity contribution >= 4 is 23.2 Å². The van der Waals surface area contributed by atoms with Crippen LogP contribution in [0.1, 0.15) is 25.3 Å². The van der Waals surface area contributed by atoms with Gasteiger partial charge >= 0.3 is 0 Å². The highest BCUT2D eigenvalue weighted by Gasteiger charge is 2.17. The summed E-state index contributed by atoms with van der Waals surface area (Å²) in [4.78, 5) is 14.3. The van der Waals surface area contributed by atoms with Crippen LogP contribution in [0.4, 0.5) is 5.69 Å². The molecule has 0 aliphatic carbocycles. The molecule has 1 heterocycles. The number of amides is 1. The molecule has 0 aromatic heterocycles. The van der Waals surface area contributed by atoms with Gasteiger partial charge in [-0.2, -0.15) is 5.26 Å². The van der Waals surface area contributed by atoms with E-state index in [4.69, 9.17) is 11.6 Å². The summed E-state index contributed by atoms with van der Waals surface area (Å²) in [6.07, 6.45) is 3.84. The number of hydrogen-bond donors (Lipinski definition) is 1. The SMILES string of the molecule is Cc1ccc(Cl)cc1NC(=O)/C(C#N)=C\N1CCC(C)CC1. The predicted octanol–water partition coefficient (Wildman–Crippen LogP) is 3.73. The van der Waals surface area contributed by atoms with Gasteiger partial charge in [0.1, 0.15) is 11.6 Å². The normalized spacial score (nSPS) is 16.3. The molecular formula is C17H20ClN3O. The molecule has 0 saturated carbocycles. The van der Waals surface area contributed by atoms with Crippen LogP contribution in [0.2, 0.25) is 5.02 Å². The minimum atomic E-state index is -0.397. The van der Waals surface area contributed by atoms with Crippen LogP contribution in [0.15, 0.2) is 30.0 Å². The molecule has 1 amide bonds. The number of aryl methyl sites for hydroxylation is 1. The van der Waals surface area contributed by atoms with Gasteiger partial charge in [-0.05, 0) is 43.4 Å². The predicted molar refractivity (Wildman–Crippen MR) is 88.5 cm³/mol. The van der Waals surface area contributed by atoms with Crippen LogP contribution in [-0.2, 0) is 4.79 Å². The summed E-state index contributed by atoms with van der Waals surface area (Å²) in [6, 6.07) is 7.28. The van der Waals surface area contributed by atoms with Gasteiger partial charge in [0, 0.05) is 30.0 Å². The lowest BCUT2D eigenvalue weighted by molar-refractivity contribution is -0.112. The number of likely N-dealkylation sites (tertiary alicyclic amines) is 1. The molecule has 116 valence electrons. The van der Waals surface area contributed by atoms with Crippen molar-refractivity contribution in [2.75, 3.05) is 18.4 Å². The zero-order chi connectivity index (χ0) is 16.1. The smallest absolute Gasteiger partial charge is 0.267 e. The van der Waals surface area contributed by atoms with Gasteiger partial charge in [0.2, 0.25) is 0 Å². The van der Waals surface area contributed by atoms with Gasteiger partial charge in [-0.25, -0.2) is 0 Å². The van der Waals surface area contributed by atoms with Gasteiger partial charge in [-0.15, -0.1) is 0 Å². The van der Waals surface area contributed by atoms with Crippen LogP contribution in [0.5, 0.6) is 0 Å². The summed E-state index contributed by atoms with van der Waals surface area (Å²) < 4.78 is 0. The van der Waals surface area contributed by atoms with Gasteiger partial charge < -0.3 is 10.2 Å². The maximum atomic E-state index is 12.3. The number of anilines is 1. The molecular weight excluding hydrogens is 298 g/mol. The van der Waals surface area contributed by atoms with Gasteiger partial charge in [0.25, 0.3) is 5.91 Å². The molecule has 0 radical (unpaired) electrons. The first-order valence-corrected chi connectivity index (χ1v) is 7.81. The number of piperidine rings is 1. The van der Waals surface area contributed by atoms with Gasteiger partial charge in [0.15, 0.2) is 0 Å². The Bertz CT molecular complexity index is 625. The average Bonchev–Trinajstić information content (AvgIpc) is 2.50. The topological polar surface area (TPSA) is 56.1 Å². The molecule has 0 unspecified atom stereocenters. The van der Waals surface area contributed by atoms with Crippen molar-refractivity contribution < 1.29 is 4.79 Å². The third-order valence-corrected chi connectivity index (χ3v) is 4.18. The zero-order valence-electron chi connectivity index (χ0n) is 12.9. The van der Waals surface area contributed by atoms with E-state index in [1.807, 2.05) is 24.0 Å². The van der Waals surface area contributed by atoms with Crippen molar-refractivity contribution in [1.29, 1.82) is 5.26 Å². The van der Waals surface area contributed by atoms with E-state index in [0.29, 0.717) is 16.6 Å². The average molecular weight is 318 g/mol. The van der Waals surface area contributed by atoms with E-state index < -0.39 is 5.91 Å². The number of rotatable bonds is 3. The number of halogens is 1. The summed E-state index contributed by atoms with van der Waals surface area (Å²) >= 11 is 5.94. The monoisotopic (exact) mass is 317 g/mol. The van der Waals surface area contributed by atoms with Crippen molar-refractivity contribution in [3.63, 3.8) is 0 Å². The first-order chi connectivity index (χ1) is 10.5. The molecule has 2 rings (SSSR count). The van der Waals surface area contributed by atoms with E-state index in [1.165, 1.54) is 0 Å². The molecule has 0 bridgehead atoms. The summed E-state index contributed by atoms with van der Waals surface area (Å²) in [7, 11) is 0. The lowest BCUT2D eigenvalue weighted by Crippen LogP contribution is -2.29. The minimum absolute atomic E-state index is 0.119. The number of nitrogens with one attached hydrogen (secondary N) is 1. The first-order valence-electron chi connectivity index (χ1n) is 7.43. The lowest BCUT2D eigenvalue weighted by atomic mass is 9.99. The van der Waals surface area contributed by atoms with Gasteiger partial charge in [0.05, 0.1) is 0 Å². The second-order valence-corrected chi connectivity index (χ2v) is 6.22. The highest BCUT2D eigenvalue weighted by atomic mass is 35.5. The van der Waals surface area contributed by atoms with Crippen molar-refractivity contribution in [2.45, 2.75) is 26.7 Å². The molecule has 1 N–H and O–H groups in total. The Morgan fingerprint density at radius 3 is 2.77 bits per heavy atom.